The van der Waals surface area contributed by atoms with Crippen LogP contribution in [0.1, 0.15) is 16.2 Å². The highest BCUT2D eigenvalue weighted by Crippen LogP contribution is 2.32. The van der Waals surface area contributed by atoms with E-state index in [1.165, 1.54) is 18.5 Å². The van der Waals surface area contributed by atoms with Gasteiger partial charge in [-0.1, -0.05) is 0 Å². The molecule has 16 heavy (non-hydrogen) atoms. The zero-order chi connectivity index (χ0) is 11.9. The lowest BCUT2D eigenvalue weighted by Gasteiger charge is -2.03. The van der Waals surface area contributed by atoms with Gasteiger partial charge in [-0.25, -0.2) is 9.97 Å². The second kappa shape index (κ2) is 3.44. The summed E-state index contributed by atoms with van der Waals surface area (Å²) in [7, 11) is 0. The largest absolute Gasteiger partial charge is 0.435 e. The van der Waals surface area contributed by atoms with Gasteiger partial charge in [0.15, 0.2) is 5.69 Å². The first-order valence-electron chi connectivity index (χ1n) is 4.01. The molecule has 0 aromatic carbocycles. The van der Waals surface area contributed by atoms with E-state index in [0.717, 1.165) is 4.40 Å². The van der Waals surface area contributed by atoms with Crippen LogP contribution in [-0.4, -0.2) is 19.6 Å². The third-order valence-electron chi connectivity index (χ3n) is 1.86. The maximum atomic E-state index is 12.5. The topological polar surface area (TPSA) is 47.3 Å². The number of imidazole rings is 1. The Kier molecular flexibility index (Phi) is 2.34. The van der Waals surface area contributed by atoms with E-state index in [9.17, 15) is 18.0 Å². The molecule has 2 aromatic heterocycles. The molecule has 0 saturated heterocycles. The van der Waals surface area contributed by atoms with E-state index in [1.54, 1.807) is 0 Å². The summed E-state index contributed by atoms with van der Waals surface area (Å²) in [6.45, 7) is 0. The number of carbonyl (C=O) groups excluding carboxylic acids is 1. The first-order chi connectivity index (χ1) is 7.41. The van der Waals surface area contributed by atoms with Crippen molar-refractivity contribution in [2.45, 2.75) is 6.18 Å². The Morgan fingerprint density at radius 3 is 2.69 bits per heavy atom. The highest BCUT2D eigenvalue weighted by molar-refractivity contribution is 6.67. The Hall–Kier alpha value is -1.63. The Labute approximate surface area is 91.7 Å². The molecule has 2 aromatic rings. The molecule has 84 valence electrons. The molecular formula is C8H3ClF3N3O. The minimum atomic E-state index is -4.74. The Bertz CT molecular complexity index is 563. The number of rotatable bonds is 1. The van der Waals surface area contributed by atoms with Crippen LogP contribution in [-0.2, 0) is 6.18 Å². The second-order valence-corrected chi connectivity index (χ2v) is 3.21. The molecule has 0 atom stereocenters. The van der Waals surface area contributed by atoms with Gasteiger partial charge in [-0.15, -0.1) is 0 Å². The third kappa shape index (κ3) is 1.63. The quantitative estimate of drug-likeness (QED) is 0.728. The second-order valence-electron chi connectivity index (χ2n) is 2.87. The van der Waals surface area contributed by atoms with E-state index >= 15 is 0 Å². The minimum absolute atomic E-state index is 0.223. The Morgan fingerprint density at radius 1 is 1.44 bits per heavy atom. The summed E-state index contributed by atoms with van der Waals surface area (Å²) in [5.74, 6) is -0.223. The van der Waals surface area contributed by atoms with E-state index in [2.05, 4.69) is 9.97 Å². The van der Waals surface area contributed by atoms with Crippen molar-refractivity contribution in [1.82, 2.24) is 14.4 Å². The summed E-state index contributed by atoms with van der Waals surface area (Å²) >= 11 is 5.11. The van der Waals surface area contributed by atoms with Crippen LogP contribution in [0.3, 0.4) is 0 Å². The van der Waals surface area contributed by atoms with Crippen LogP contribution in [0.25, 0.3) is 5.78 Å². The van der Waals surface area contributed by atoms with Crippen molar-refractivity contribution in [3.05, 3.63) is 29.8 Å². The molecular weight excluding hydrogens is 247 g/mol. The molecule has 0 fully saturated rings. The fraction of sp³-hybridized carbons (Fsp3) is 0.125. The summed E-state index contributed by atoms with van der Waals surface area (Å²) < 4.78 is 38.5. The summed E-state index contributed by atoms with van der Waals surface area (Å²) in [6, 6.07) is 1.37. The minimum Gasteiger partial charge on any atom is -0.279 e. The van der Waals surface area contributed by atoms with E-state index in [-0.39, 0.29) is 5.78 Å². The van der Waals surface area contributed by atoms with Gasteiger partial charge in [0.1, 0.15) is 5.69 Å². The SMILES string of the molecule is O=C(Cl)c1c(C(F)(F)F)nc2ncccn12. The molecule has 0 spiro atoms. The molecule has 0 aliphatic carbocycles. The molecule has 0 N–H and O–H groups in total. The monoisotopic (exact) mass is 249 g/mol. The number of hydrogen-bond acceptors (Lipinski definition) is 3. The van der Waals surface area contributed by atoms with E-state index < -0.39 is 22.8 Å². The fourth-order valence-electron chi connectivity index (χ4n) is 1.27. The molecule has 4 nitrogen and oxygen atoms in total. The van der Waals surface area contributed by atoms with Crippen LogP contribution in [0.15, 0.2) is 18.5 Å². The fourth-order valence-corrected chi connectivity index (χ4v) is 1.45. The van der Waals surface area contributed by atoms with E-state index in [0.29, 0.717) is 0 Å². The molecule has 0 bridgehead atoms. The highest BCUT2D eigenvalue weighted by Gasteiger charge is 2.39. The number of fused-ring (bicyclic) bond motifs is 1. The van der Waals surface area contributed by atoms with Crippen molar-refractivity contribution < 1.29 is 18.0 Å². The molecule has 0 aliphatic heterocycles. The van der Waals surface area contributed by atoms with Crippen molar-refractivity contribution in [2.24, 2.45) is 0 Å². The van der Waals surface area contributed by atoms with Crippen LogP contribution >= 0.6 is 11.6 Å². The lowest BCUT2D eigenvalue weighted by atomic mass is 10.3. The van der Waals surface area contributed by atoms with Crippen LogP contribution in [0.4, 0.5) is 13.2 Å². The van der Waals surface area contributed by atoms with Crippen LogP contribution in [0, 0.1) is 0 Å². The van der Waals surface area contributed by atoms with Crippen molar-refractivity contribution >= 4 is 22.6 Å². The predicted molar refractivity (Wildman–Crippen MR) is 48.2 cm³/mol. The molecule has 0 radical (unpaired) electrons. The predicted octanol–water partition coefficient (Wildman–Crippen LogP) is 2.13. The summed E-state index contributed by atoms with van der Waals surface area (Å²) in [4.78, 5) is 17.8. The molecule has 8 heteroatoms. The normalized spacial score (nSPS) is 12.0. The number of hydrogen-bond donors (Lipinski definition) is 0. The maximum absolute atomic E-state index is 12.5. The van der Waals surface area contributed by atoms with Gasteiger partial charge in [-0.3, -0.25) is 9.20 Å². The number of aromatic nitrogens is 3. The highest BCUT2D eigenvalue weighted by atomic mass is 35.5. The molecule has 0 aliphatic rings. The summed E-state index contributed by atoms with van der Waals surface area (Å²) in [6.07, 6.45) is -2.24. The molecule has 2 rings (SSSR count). The van der Waals surface area contributed by atoms with Gasteiger partial charge in [0.25, 0.3) is 5.24 Å². The van der Waals surface area contributed by atoms with Crippen LogP contribution in [0.2, 0.25) is 0 Å². The zero-order valence-corrected chi connectivity index (χ0v) is 8.25. The third-order valence-corrected chi connectivity index (χ3v) is 2.04. The smallest absolute Gasteiger partial charge is 0.279 e. The standard InChI is InChI=1S/C8H3ClF3N3O/c9-6(16)4-5(8(10,11)12)14-7-13-2-1-3-15(4)7/h1-3H. The van der Waals surface area contributed by atoms with Crippen molar-refractivity contribution in [3.63, 3.8) is 0 Å². The van der Waals surface area contributed by atoms with Crippen molar-refractivity contribution in [3.8, 4) is 0 Å². The Morgan fingerprint density at radius 2 is 2.12 bits per heavy atom. The van der Waals surface area contributed by atoms with Gasteiger partial charge in [0.2, 0.25) is 5.78 Å². The van der Waals surface area contributed by atoms with Gasteiger partial charge in [-0.2, -0.15) is 13.2 Å². The first-order valence-corrected chi connectivity index (χ1v) is 4.39. The lowest BCUT2D eigenvalue weighted by Crippen LogP contribution is -2.11. The summed E-state index contributed by atoms with van der Waals surface area (Å²) in [5.41, 5.74) is -2.05. The molecule has 2 heterocycles. The number of carbonyl (C=O) groups is 1. The van der Waals surface area contributed by atoms with Gasteiger partial charge in [0, 0.05) is 12.4 Å². The van der Waals surface area contributed by atoms with Gasteiger partial charge < -0.3 is 0 Å². The molecule has 0 saturated carbocycles. The first kappa shape index (κ1) is 10.9. The Balaban J connectivity index is 2.84. The van der Waals surface area contributed by atoms with Crippen molar-refractivity contribution in [1.29, 1.82) is 0 Å². The van der Waals surface area contributed by atoms with Crippen LogP contribution in [0.5, 0.6) is 0 Å². The number of alkyl halides is 3. The van der Waals surface area contributed by atoms with E-state index in [1.807, 2.05) is 0 Å². The van der Waals surface area contributed by atoms with E-state index in [4.69, 9.17) is 11.6 Å². The van der Waals surface area contributed by atoms with Gasteiger partial charge in [0.05, 0.1) is 0 Å². The number of nitrogens with zero attached hydrogens (tertiary/aromatic N) is 3. The average molecular weight is 250 g/mol. The summed E-state index contributed by atoms with van der Waals surface area (Å²) in [5, 5.41) is -1.23. The van der Waals surface area contributed by atoms with Gasteiger partial charge >= 0.3 is 6.18 Å². The number of halogens is 4. The van der Waals surface area contributed by atoms with Crippen molar-refractivity contribution in [2.75, 3.05) is 0 Å². The average Bonchev–Trinajstić information content (AvgIpc) is 2.55. The lowest BCUT2D eigenvalue weighted by molar-refractivity contribution is -0.141. The molecule has 0 unspecified atom stereocenters. The maximum Gasteiger partial charge on any atom is 0.435 e. The molecule has 0 amide bonds. The zero-order valence-electron chi connectivity index (χ0n) is 7.49. The van der Waals surface area contributed by atoms with Crippen LogP contribution < -0.4 is 0 Å². The van der Waals surface area contributed by atoms with Gasteiger partial charge in [-0.05, 0) is 17.7 Å².